The number of hydrogen-bond acceptors (Lipinski definition) is 3. The Labute approximate surface area is 84.9 Å². The summed E-state index contributed by atoms with van der Waals surface area (Å²) < 4.78 is 4.98. The molecule has 1 aromatic rings. The fourth-order valence-electron chi connectivity index (χ4n) is 1.42. The first kappa shape index (κ1) is 11.2. The second kappa shape index (κ2) is 5.12. The molecule has 0 amide bonds. The summed E-state index contributed by atoms with van der Waals surface area (Å²) in [6.07, 6.45) is 1.74. The predicted octanol–water partition coefficient (Wildman–Crippen LogP) is 1.32. The van der Waals surface area contributed by atoms with Gasteiger partial charge in [0.1, 0.15) is 5.82 Å². The maximum Gasteiger partial charge on any atom is 0.123 e. The molecule has 0 bridgehead atoms. The van der Waals surface area contributed by atoms with Crippen LogP contribution in [0.25, 0.3) is 0 Å². The molecule has 1 unspecified atom stereocenters. The maximum atomic E-state index is 5.94. The Kier molecular flexibility index (Phi) is 4.10. The molecule has 0 aromatic carbocycles. The zero-order valence-electron chi connectivity index (χ0n) is 9.13. The van der Waals surface area contributed by atoms with E-state index in [1.165, 1.54) is 0 Å². The van der Waals surface area contributed by atoms with E-state index in [1.54, 1.807) is 7.11 Å². The van der Waals surface area contributed by atoms with Crippen molar-refractivity contribution >= 4 is 0 Å². The van der Waals surface area contributed by atoms with Gasteiger partial charge in [-0.3, -0.25) is 0 Å². The number of H-pyrrole nitrogens is 1. The van der Waals surface area contributed by atoms with Crippen LogP contribution in [0.3, 0.4) is 0 Å². The van der Waals surface area contributed by atoms with Gasteiger partial charge in [-0.15, -0.1) is 0 Å². The van der Waals surface area contributed by atoms with Crippen LogP contribution in [-0.2, 0) is 11.2 Å². The third-order valence-electron chi connectivity index (χ3n) is 2.32. The van der Waals surface area contributed by atoms with Crippen molar-refractivity contribution in [3.63, 3.8) is 0 Å². The number of imidazole rings is 1. The average Bonchev–Trinajstić information content (AvgIpc) is 2.56. The third-order valence-corrected chi connectivity index (χ3v) is 2.32. The van der Waals surface area contributed by atoms with E-state index in [-0.39, 0.29) is 6.04 Å². The number of nitrogens with zero attached hydrogens (tertiary/aromatic N) is 1. The molecular formula is C10H19N3O. The highest BCUT2D eigenvalue weighted by Crippen LogP contribution is 2.13. The minimum Gasteiger partial charge on any atom is -0.385 e. The van der Waals surface area contributed by atoms with E-state index < -0.39 is 0 Å². The quantitative estimate of drug-likeness (QED) is 0.748. The molecule has 1 atom stereocenters. The van der Waals surface area contributed by atoms with Gasteiger partial charge >= 0.3 is 0 Å². The summed E-state index contributed by atoms with van der Waals surface area (Å²) in [7, 11) is 1.68. The van der Waals surface area contributed by atoms with Crippen LogP contribution >= 0.6 is 0 Å². The molecule has 4 nitrogen and oxygen atoms in total. The lowest BCUT2D eigenvalue weighted by atomic mass is 10.2. The highest BCUT2D eigenvalue weighted by molar-refractivity contribution is 5.14. The number of aromatic nitrogens is 2. The van der Waals surface area contributed by atoms with Gasteiger partial charge in [-0.05, 0) is 19.8 Å². The van der Waals surface area contributed by atoms with Crippen molar-refractivity contribution in [2.75, 3.05) is 13.7 Å². The summed E-state index contributed by atoms with van der Waals surface area (Å²) in [5.74, 6) is 0.872. The predicted molar refractivity (Wildman–Crippen MR) is 56.1 cm³/mol. The number of hydrogen-bond donors (Lipinski definition) is 2. The number of rotatable bonds is 5. The van der Waals surface area contributed by atoms with Crippen molar-refractivity contribution < 1.29 is 4.74 Å². The van der Waals surface area contributed by atoms with Crippen molar-refractivity contribution in [1.82, 2.24) is 9.97 Å². The van der Waals surface area contributed by atoms with Gasteiger partial charge in [0.05, 0.1) is 11.7 Å². The number of aromatic amines is 1. The summed E-state index contributed by atoms with van der Waals surface area (Å²) in [6.45, 7) is 4.79. The first-order valence-corrected chi connectivity index (χ1v) is 4.99. The fourth-order valence-corrected chi connectivity index (χ4v) is 1.42. The summed E-state index contributed by atoms with van der Waals surface area (Å²) >= 11 is 0. The molecule has 80 valence electrons. The lowest BCUT2D eigenvalue weighted by Gasteiger charge is -2.06. The molecule has 14 heavy (non-hydrogen) atoms. The van der Waals surface area contributed by atoms with Crippen LogP contribution in [0, 0.1) is 6.92 Å². The van der Waals surface area contributed by atoms with Gasteiger partial charge < -0.3 is 15.5 Å². The molecule has 1 heterocycles. The van der Waals surface area contributed by atoms with Gasteiger partial charge in [0, 0.05) is 19.4 Å². The van der Waals surface area contributed by atoms with Gasteiger partial charge in [0.2, 0.25) is 0 Å². The lowest BCUT2D eigenvalue weighted by molar-refractivity contribution is 0.187. The second-order valence-electron chi connectivity index (χ2n) is 3.44. The van der Waals surface area contributed by atoms with Crippen LogP contribution in [-0.4, -0.2) is 23.7 Å². The van der Waals surface area contributed by atoms with Crippen molar-refractivity contribution in [3.05, 3.63) is 17.2 Å². The summed E-state index contributed by atoms with van der Waals surface area (Å²) in [5, 5.41) is 0. The SMILES string of the molecule is CCc1nc(C(N)CCOC)[nH]c1C. The van der Waals surface area contributed by atoms with E-state index in [1.807, 2.05) is 6.92 Å². The van der Waals surface area contributed by atoms with Gasteiger partial charge in [-0.1, -0.05) is 6.92 Å². The van der Waals surface area contributed by atoms with Crippen molar-refractivity contribution in [1.29, 1.82) is 0 Å². The fraction of sp³-hybridized carbons (Fsp3) is 0.700. The number of aryl methyl sites for hydroxylation is 2. The molecule has 0 fully saturated rings. The second-order valence-corrected chi connectivity index (χ2v) is 3.44. The molecular weight excluding hydrogens is 178 g/mol. The molecule has 0 aliphatic rings. The van der Waals surface area contributed by atoms with E-state index in [0.717, 1.165) is 30.1 Å². The normalized spacial score (nSPS) is 13.1. The molecule has 3 N–H and O–H groups in total. The van der Waals surface area contributed by atoms with Gasteiger partial charge in [-0.25, -0.2) is 4.98 Å². The van der Waals surface area contributed by atoms with E-state index in [0.29, 0.717) is 6.61 Å². The first-order valence-electron chi connectivity index (χ1n) is 4.99. The topological polar surface area (TPSA) is 63.9 Å². The zero-order valence-corrected chi connectivity index (χ0v) is 9.13. The Morgan fingerprint density at radius 3 is 2.79 bits per heavy atom. The lowest BCUT2D eigenvalue weighted by Crippen LogP contribution is -2.14. The Hall–Kier alpha value is -0.870. The molecule has 0 aliphatic heterocycles. The molecule has 0 aliphatic carbocycles. The number of nitrogens with one attached hydrogen (secondary N) is 1. The summed E-state index contributed by atoms with van der Waals surface area (Å²) in [5.41, 5.74) is 8.17. The molecule has 0 spiro atoms. The van der Waals surface area contributed by atoms with Crippen LogP contribution in [0.4, 0.5) is 0 Å². The molecule has 0 saturated carbocycles. The number of nitrogens with two attached hydrogens (primary N) is 1. The van der Waals surface area contributed by atoms with Gasteiger partial charge in [0.15, 0.2) is 0 Å². The molecule has 0 saturated heterocycles. The van der Waals surface area contributed by atoms with Gasteiger partial charge in [-0.2, -0.15) is 0 Å². The summed E-state index contributed by atoms with van der Waals surface area (Å²) in [6, 6.07) is -0.0473. The van der Waals surface area contributed by atoms with Crippen LogP contribution in [0.5, 0.6) is 0 Å². The third kappa shape index (κ3) is 2.56. The van der Waals surface area contributed by atoms with Crippen molar-refractivity contribution in [2.45, 2.75) is 32.7 Å². The standard InChI is InChI=1S/C10H19N3O/c1-4-9-7(2)12-10(13-9)8(11)5-6-14-3/h8H,4-6,11H2,1-3H3,(H,12,13). The molecule has 0 radical (unpaired) electrons. The van der Waals surface area contributed by atoms with Gasteiger partial charge in [0.25, 0.3) is 0 Å². The molecule has 1 aromatic heterocycles. The molecule has 4 heteroatoms. The average molecular weight is 197 g/mol. The van der Waals surface area contributed by atoms with Crippen LogP contribution in [0.1, 0.15) is 36.6 Å². The van der Waals surface area contributed by atoms with E-state index >= 15 is 0 Å². The Morgan fingerprint density at radius 1 is 1.57 bits per heavy atom. The first-order chi connectivity index (χ1) is 6.69. The number of ether oxygens (including phenoxy) is 1. The Bertz CT molecular complexity index is 283. The van der Waals surface area contributed by atoms with Crippen LogP contribution in [0.2, 0.25) is 0 Å². The van der Waals surface area contributed by atoms with Crippen molar-refractivity contribution in [3.8, 4) is 0 Å². The highest BCUT2D eigenvalue weighted by atomic mass is 16.5. The van der Waals surface area contributed by atoms with Crippen LogP contribution < -0.4 is 5.73 Å². The van der Waals surface area contributed by atoms with E-state index in [4.69, 9.17) is 10.5 Å². The molecule has 1 rings (SSSR count). The van der Waals surface area contributed by atoms with E-state index in [9.17, 15) is 0 Å². The summed E-state index contributed by atoms with van der Waals surface area (Å²) in [4.78, 5) is 7.66. The minimum atomic E-state index is -0.0473. The van der Waals surface area contributed by atoms with E-state index in [2.05, 4.69) is 16.9 Å². The highest BCUT2D eigenvalue weighted by Gasteiger charge is 2.11. The Morgan fingerprint density at radius 2 is 2.29 bits per heavy atom. The number of methoxy groups -OCH3 is 1. The minimum absolute atomic E-state index is 0.0473. The van der Waals surface area contributed by atoms with Crippen LogP contribution in [0.15, 0.2) is 0 Å². The smallest absolute Gasteiger partial charge is 0.123 e. The monoisotopic (exact) mass is 197 g/mol. The Balaban J connectivity index is 2.65. The zero-order chi connectivity index (χ0) is 10.6. The van der Waals surface area contributed by atoms with Crippen molar-refractivity contribution in [2.24, 2.45) is 5.73 Å². The maximum absolute atomic E-state index is 5.94. The largest absolute Gasteiger partial charge is 0.385 e.